The number of hydrogen-bond acceptors (Lipinski definition) is 4. The van der Waals surface area contributed by atoms with Crippen molar-refractivity contribution >= 4 is 0 Å². The second-order valence-electron chi connectivity index (χ2n) is 2.90. The van der Waals surface area contributed by atoms with Gasteiger partial charge in [-0.1, -0.05) is 6.92 Å². The molecule has 1 fully saturated rings. The molecule has 0 bridgehead atoms. The van der Waals surface area contributed by atoms with Gasteiger partial charge in [-0.25, -0.2) is 0 Å². The maximum Gasteiger partial charge on any atom is 0.114 e. The number of hydrogen-bond donors (Lipinski definition) is 4. The molecule has 0 amide bonds. The number of nitrogens with one attached hydrogen (secondary N) is 4. The second kappa shape index (κ2) is 2.39. The Bertz CT molecular complexity index is 189. The molecule has 0 aromatic carbocycles. The summed E-state index contributed by atoms with van der Waals surface area (Å²) in [5, 5.41) is 13.2. The number of rotatable bonds is 1. The molecule has 4 heteroatoms. The monoisotopic (exact) mass is 154 g/mol. The molecule has 0 spiro atoms. The molecule has 0 aromatic heterocycles. The van der Waals surface area contributed by atoms with Gasteiger partial charge in [-0.3, -0.25) is 10.6 Å². The van der Waals surface area contributed by atoms with Gasteiger partial charge in [0.25, 0.3) is 0 Å². The predicted octanol–water partition coefficient (Wildman–Crippen LogP) is -0.765. The van der Waals surface area contributed by atoms with Gasteiger partial charge in [-0.15, -0.1) is 0 Å². The van der Waals surface area contributed by atoms with E-state index in [-0.39, 0.29) is 5.66 Å². The lowest BCUT2D eigenvalue weighted by Gasteiger charge is -2.33. The van der Waals surface area contributed by atoms with Gasteiger partial charge in [0.2, 0.25) is 0 Å². The summed E-state index contributed by atoms with van der Waals surface area (Å²) in [5.41, 5.74) is 1.25. The van der Waals surface area contributed by atoms with E-state index in [4.69, 9.17) is 0 Å². The quantitative estimate of drug-likeness (QED) is 0.401. The Morgan fingerprint density at radius 2 is 2.27 bits per heavy atom. The molecule has 2 rings (SSSR count). The highest BCUT2D eigenvalue weighted by molar-refractivity contribution is 5.22. The summed E-state index contributed by atoms with van der Waals surface area (Å²) >= 11 is 0. The second-order valence-corrected chi connectivity index (χ2v) is 2.90. The Morgan fingerprint density at radius 1 is 1.45 bits per heavy atom. The van der Waals surface area contributed by atoms with Crippen molar-refractivity contribution in [3.8, 4) is 0 Å². The van der Waals surface area contributed by atoms with E-state index in [2.05, 4.69) is 28.2 Å². The molecule has 4 nitrogen and oxygen atoms in total. The van der Waals surface area contributed by atoms with Gasteiger partial charge in [0, 0.05) is 6.20 Å². The minimum atomic E-state index is 0.0191. The minimum absolute atomic E-state index is 0.0191. The van der Waals surface area contributed by atoms with Gasteiger partial charge in [0.1, 0.15) is 5.66 Å². The Kier molecular flexibility index (Phi) is 1.51. The molecule has 0 aromatic rings. The highest BCUT2D eigenvalue weighted by Gasteiger charge is 2.37. The van der Waals surface area contributed by atoms with Crippen LogP contribution in [0, 0.1) is 0 Å². The highest BCUT2D eigenvalue weighted by Crippen LogP contribution is 2.20. The lowest BCUT2D eigenvalue weighted by molar-refractivity contribution is 0.315. The first-order valence-electron chi connectivity index (χ1n) is 4.05. The number of fused-ring (bicyclic) bond motifs is 1. The SMILES string of the molecule is CCC12NCNC=C1NCN2. The molecule has 4 N–H and O–H groups in total. The highest BCUT2D eigenvalue weighted by atomic mass is 15.4. The van der Waals surface area contributed by atoms with E-state index in [0.29, 0.717) is 0 Å². The fourth-order valence-electron chi connectivity index (χ4n) is 1.66. The summed E-state index contributed by atoms with van der Waals surface area (Å²) in [4.78, 5) is 0. The van der Waals surface area contributed by atoms with E-state index in [1.165, 1.54) is 5.70 Å². The van der Waals surface area contributed by atoms with E-state index in [1.807, 2.05) is 6.20 Å². The van der Waals surface area contributed by atoms with Gasteiger partial charge >= 0.3 is 0 Å². The maximum absolute atomic E-state index is 3.39. The van der Waals surface area contributed by atoms with E-state index in [9.17, 15) is 0 Å². The van der Waals surface area contributed by atoms with Crippen molar-refractivity contribution < 1.29 is 0 Å². The standard InChI is InChI=1S/C7H14N4/c1-2-7-6(9-5-11-7)3-8-4-10-7/h3,8-11H,2,4-5H2,1H3. The van der Waals surface area contributed by atoms with E-state index < -0.39 is 0 Å². The molecule has 1 atom stereocenters. The summed E-state index contributed by atoms with van der Waals surface area (Å²) in [6, 6.07) is 0. The van der Waals surface area contributed by atoms with Crippen molar-refractivity contribution in [1.82, 2.24) is 21.3 Å². The molecule has 62 valence electrons. The van der Waals surface area contributed by atoms with Gasteiger partial charge < -0.3 is 10.6 Å². The summed E-state index contributed by atoms with van der Waals surface area (Å²) in [6.07, 6.45) is 3.10. The Hall–Kier alpha value is -0.740. The maximum atomic E-state index is 3.39. The Morgan fingerprint density at radius 3 is 3.00 bits per heavy atom. The average Bonchev–Trinajstić information content (AvgIpc) is 2.48. The minimum Gasteiger partial charge on any atom is -0.377 e. The average molecular weight is 154 g/mol. The normalized spacial score (nSPS) is 35.2. The van der Waals surface area contributed by atoms with Gasteiger partial charge in [-0.05, 0) is 6.42 Å². The molecular weight excluding hydrogens is 140 g/mol. The van der Waals surface area contributed by atoms with Crippen LogP contribution in [0.15, 0.2) is 11.9 Å². The third-order valence-corrected chi connectivity index (χ3v) is 2.40. The topological polar surface area (TPSA) is 48.1 Å². The van der Waals surface area contributed by atoms with Crippen molar-refractivity contribution in [2.45, 2.75) is 19.0 Å². The largest absolute Gasteiger partial charge is 0.377 e. The molecule has 0 saturated carbocycles. The van der Waals surface area contributed by atoms with Crippen LogP contribution in [0.2, 0.25) is 0 Å². The van der Waals surface area contributed by atoms with Crippen LogP contribution in [0.5, 0.6) is 0 Å². The lowest BCUT2D eigenvalue weighted by Crippen LogP contribution is -2.58. The molecule has 11 heavy (non-hydrogen) atoms. The first-order valence-corrected chi connectivity index (χ1v) is 4.05. The fourth-order valence-corrected chi connectivity index (χ4v) is 1.66. The van der Waals surface area contributed by atoms with Gasteiger partial charge in [-0.2, -0.15) is 0 Å². The van der Waals surface area contributed by atoms with E-state index in [1.54, 1.807) is 0 Å². The zero-order chi connectivity index (χ0) is 7.73. The zero-order valence-electron chi connectivity index (χ0n) is 6.70. The molecule has 2 aliphatic heterocycles. The Labute approximate surface area is 66.4 Å². The summed E-state index contributed by atoms with van der Waals surface area (Å²) < 4.78 is 0. The summed E-state index contributed by atoms with van der Waals surface area (Å²) in [5.74, 6) is 0. The van der Waals surface area contributed by atoms with Crippen LogP contribution in [0.25, 0.3) is 0 Å². The molecule has 2 heterocycles. The molecule has 0 aliphatic carbocycles. The van der Waals surface area contributed by atoms with Crippen molar-refractivity contribution in [3.05, 3.63) is 11.9 Å². The van der Waals surface area contributed by atoms with Crippen LogP contribution in [-0.4, -0.2) is 19.0 Å². The first-order chi connectivity index (χ1) is 5.37. The third-order valence-electron chi connectivity index (χ3n) is 2.40. The molecular formula is C7H14N4. The van der Waals surface area contributed by atoms with Crippen molar-refractivity contribution in [2.75, 3.05) is 13.3 Å². The van der Waals surface area contributed by atoms with Crippen LogP contribution in [0.3, 0.4) is 0 Å². The van der Waals surface area contributed by atoms with Crippen molar-refractivity contribution in [1.29, 1.82) is 0 Å². The van der Waals surface area contributed by atoms with Crippen LogP contribution >= 0.6 is 0 Å². The molecule has 1 unspecified atom stereocenters. The van der Waals surface area contributed by atoms with Crippen molar-refractivity contribution in [3.63, 3.8) is 0 Å². The van der Waals surface area contributed by atoms with Crippen LogP contribution in [0.1, 0.15) is 13.3 Å². The van der Waals surface area contributed by atoms with Gasteiger partial charge in [0.15, 0.2) is 0 Å². The zero-order valence-corrected chi connectivity index (χ0v) is 6.70. The summed E-state index contributed by atoms with van der Waals surface area (Å²) in [7, 11) is 0. The molecule has 1 saturated heterocycles. The smallest absolute Gasteiger partial charge is 0.114 e. The van der Waals surface area contributed by atoms with Gasteiger partial charge in [0.05, 0.1) is 19.0 Å². The lowest BCUT2D eigenvalue weighted by atomic mass is 10.0. The van der Waals surface area contributed by atoms with E-state index in [0.717, 1.165) is 19.8 Å². The van der Waals surface area contributed by atoms with Crippen LogP contribution in [0.4, 0.5) is 0 Å². The van der Waals surface area contributed by atoms with Crippen LogP contribution in [-0.2, 0) is 0 Å². The van der Waals surface area contributed by atoms with E-state index >= 15 is 0 Å². The van der Waals surface area contributed by atoms with Crippen molar-refractivity contribution in [2.24, 2.45) is 0 Å². The third kappa shape index (κ3) is 0.902. The predicted molar refractivity (Wildman–Crippen MR) is 43.4 cm³/mol. The first kappa shape index (κ1) is 6.94. The molecule has 2 aliphatic rings. The molecule has 0 radical (unpaired) electrons. The van der Waals surface area contributed by atoms with Crippen LogP contribution < -0.4 is 21.3 Å². The summed E-state index contributed by atoms with van der Waals surface area (Å²) in [6.45, 7) is 3.87. The Balaban J connectivity index is 2.27. The fraction of sp³-hybridized carbons (Fsp3) is 0.714.